The molecule has 0 aliphatic rings. The molecule has 0 radical (unpaired) electrons. The second-order valence-corrected chi connectivity index (χ2v) is 9.64. The highest BCUT2D eigenvalue weighted by Gasteiger charge is 2.26. The molecule has 0 aliphatic heterocycles. The molecule has 2 aromatic carbocycles. The number of carbonyl (C=O) groups is 2. The van der Waals surface area contributed by atoms with Crippen LogP contribution < -0.4 is 0 Å². The van der Waals surface area contributed by atoms with Gasteiger partial charge in [-0.05, 0) is 56.4 Å². The number of benzene rings is 2. The predicted molar refractivity (Wildman–Crippen MR) is 123 cm³/mol. The Morgan fingerprint density at radius 3 is 2.06 bits per heavy atom. The van der Waals surface area contributed by atoms with E-state index in [9.17, 15) is 18.0 Å². The number of ketones is 1. The first-order valence-corrected chi connectivity index (χ1v) is 11.9. The van der Waals surface area contributed by atoms with E-state index in [4.69, 9.17) is 0 Å². The molecular formula is C24H30N2O4S. The van der Waals surface area contributed by atoms with E-state index in [0.717, 1.165) is 21.7 Å². The third-order valence-electron chi connectivity index (χ3n) is 5.07. The van der Waals surface area contributed by atoms with Gasteiger partial charge in [0.25, 0.3) is 5.78 Å². The lowest BCUT2D eigenvalue weighted by Crippen LogP contribution is -2.32. The zero-order valence-electron chi connectivity index (χ0n) is 19.0. The van der Waals surface area contributed by atoms with Crippen molar-refractivity contribution in [2.75, 3.05) is 12.8 Å². The van der Waals surface area contributed by atoms with Gasteiger partial charge < -0.3 is 0 Å². The molecule has 0 saturated carbocycles. The fraction of sp³-hybridized carbons (Fsp3) is 0.375. The van der Waals surface area contributed by atoms with E-state index >= 15 is 0 Å². The maximum Gasteiger partial charge on any atom is 0.314 e. The Kier molecular flexibility index (Phi) is 7.90. The Balaban J connectivity index is 2.28. The third kappa shape index (κ3) is 5.67. The maximum absolute atomic E-state index is 13.0. The average Bonchev–Trinajstić information content (AvgIpc) is 2.71. The number of amides is 1. The summed E-state index contributed by atoms with van der Waals surface area (Å²) in [7, 11) is -2.24. The number of hydrogen-bond donors (Lipinski definition) is 0. The largest absolute Gasteiger partial charge is 0.314 e. The van der Waals surface area contributed by atoms with E-state index in [-0.39, 0.29) is 16.4 Å². The van der Waals surface area contributed by atoms with E-state index < -0.39 is 21.5 Å². The normalized spacial score (nSPS) is 12.0. The van der Waals surface area contributed by atoms with Gasteiger partial charge >= 0.3 is 5.91 Å². The van der Waals surface area contributed by atoms with Crippen molar-refractivity contribution in [1.29, 1.82) is 0 Å². The lowest BCUT2D eigenvalue weighted by molar-refractivity contribution is -0.125. The van der Waals surface area contributed by atoms with Crippen LogP contribution in [0.4, 0.5) is 0 Å². The van der Waals surface area contributed by atoms with E-state index in [1.807, 2.05) is 32.9 Å². The molecule has 1 amide bonds. The van der Waals surface area contributed by atoms with E-state index in [0.29, 0.717) is 24.0 Å². The van der Waals surface area contributed by atoms with Crippen LogP contribution in [-0.4, -0.2) is 43.6 Å². The number of likely N-dealkylation sites (N-methyl/N-ethyl adjacent to an activating group) is 1. The first kappa shape index (κ1) is 24.5. The van der Waals surface area contributed by atoms with Gasteiger partial charge in [-0.15, -0.1) is 0 Å². The van der Waals surface area contributed by atoms with Gasteiger partial charge in [-0.25, -0.2) is 13.4 Å². The molecule has 31 heavy (non-hydrogen) atoms. The molecule has 2 rings (SSSR count). The molecule has 0 saturated heterocycles. The summed E-state index contributed by atoms with van der Waals surface area (Å²) in [6.07, 6.45) is 1.26. The first-order valence-electron chi connectivity index (χ1n) is 10.3. The van der Waals surface area contributed by atoms with Crippen molar-refractivity contribution in [2.45, 2.75) is 52.4 Å². The van der Waals surface area contributed by atoms with Crippen LogP contribution in [0.25, 0.3) is 0 Å². The van der Waals surface area contributed by atoms with Crippen molar-refractivity contribution in [3.8, 4) is 0 Å². The molecule has 0 aromatic heterocycles. The fourth-order valence-electron chi connectivity index (χ4n) is 3.63. The Morgan fingerprint density at radius 1 is 1.00 bits per heavy atom. The van der Waals surface area contributed by atoms with Crippen LogP contribution in [-0.2, 0) is 27.5 Å². The van der Waals surface area contributed by atoms with Gasteiger partial charge in [-0.3, -0.25) is 9.59 Å². The van der Waals surface area contributed by atoms with Crippen molar-refractivity contribution in [3.63, 3.8) is 0 Å². The summed E-state index contributed by atoms with van der Waals surface area (Å²) in [5.74, 6) is -1.76. The minimum atomic E-state index is -3.61. The molecule has 0 N–H and O–H groups in total. The lowest BCUT2D eigenvalue weighted by atomic mass is 9.92. The zero-order chi connectivity index (χ0) is 23.3. The highest BCUT2D eigenvalue weighted by molar-refractivity contribution is 7.92. The van der Waals surface area contributed by atoms with Crippen molar-refractivity contribution in [1.82, 2.24) is 5.01 Å². The van der Waals surface area contributed by atoms with E-state index in [1.165, 1.54) is 14.0 Å². The van der Waals surface area contributed by atoms with Crippen LogP contribution in [0.5, 0.6) is 0 Å². The van der Waals surface area contributed by atoms with Gasteiger partial charge in [0, 0.05) is 12.6 Å². The molecule has 2 aromatic rings. The van der Waals surface area contributed by atoms with Crippen LogP contribution in [0.3, 0.4) is 0 Å². The molecule has 7 heteroatoms. The molecule has 0 fully saturated rings. The van der Waals surface area contributed by atoms with Gasteiger partial charge in [0.05, 0.1) is 16.4 Å². The summed E-state index contributed by atoms with van der Waals surface area (Å²) < 4.78 is 25.4. The number of hydrazone groups is 1. The third-order valence-corrected chi connectivity index (χ3v) is 7.00. The summed E-state index contributed by atoms with van der Waals surface area (Å²) in [6, 6.07) is 10.6. The predicted octanol–water partition coefficient (Wildman–Crippen LogP) is 3.92. The molecule has 0 heterocycles. The van der Waals surface area contributed by atoms with E-state index in [2.05, 4.69) is 5.10 Å². The Morgan fingerprint density at radius 2 is 1.55 bits per heavy atom. The Labute approximate surface area is 184 Å². The van der Waals surface area contributed by atoms with Gasteiger partial charge in [-0.1, -0.05) is 49.7 Å². The quantitative estimate of drug-likeness (QED) is 0.268. The standard InChI is InChI=1S/C24H30N2O4S/c1-7-19-13-16(3)14-20(8-2)22(19)23(27)24(28)26(6)25-18(5)15-31(29,30)21-12-10-9-11-17(21)4/h9-14H,7-8,15H2,1-6H3. The van der Waals surface area contributed by atoms with Gasteiger partial charge in [0.15, 0.2) is 9.84 Å². The van der Waals surface area contributed by atoms with Crippen molar-refractivity contribution in [3.05, 3.63) is 64.2 Å². The highest BCUT2D eigenvalue weighted by Crippen LogP contribution is 2.21. The highest BCUT2D eigenvalue weighted by atomic mass is 32.2. The average molecular weight is 443 g/mol. The zero-order valence-corrected chi connectivity index (χ0v) is 19.8. The SMILES string of the molecule is CCc1cc(C)cc(CC)c1C(=O)C(=O)N(C)N=C(C)CS(=O)(=O)c1ccccc1C. The number of hydrogen-bond acceptors (Lipinski definition) is 5. The Hall–Kier alpha value is -2.80. The number of nitrogens with zero attached hydrogens (tertiary/aromatic N) is 2. The van der Waals surface area contributed by atoms with E-state index in [1.54, 1.807) is 31.2 Å². The monoisotopic (exact) mass is 442 g/mol. The molecule has 0 aliphatic carbocycles. The number of Topliss-reactive ketones (excluding diaryl/α,β-unsaturated/α-hetero) is 1. The van der Waals surface area contributed by atoms with Crippen LogP contribution in [0.1, 0.15) is 53.4 Å². The molecule has 0 atom stereocenters. The summed E-state index contributed by atoms with van der Waals surface area (Å²) in [4.78, 5) is 26.1. The van der Waals surface area contributed by atoms with Gasteiger partial charge in [-0.2, -0.15) is 5.10 Å². The van der Waals surface area contributed by atoms with Crippen molar-refractivity contribution >= 4 is 27.2 Å². The second-order valence-electron chi connectivity index (χ2n) is 7.68. The number of carbonyl (C=O) groups excluding carboxylic acids is 2. The van der Waals surface area contributed by atoms with Crippen LogP contribution in [0, 0.1) is 13.8 Å². The summed E-state index contributed by atoms with van der Waals surface area (Å²) >= 11 is 0. The summed E-state index contributed by atoms with van der Waals surface area (Å²) in [5.41, 5.74) is 3.99. The maximum atomic E-state index is 13.0. The lowest BCUT2D eigenvalue weighted by Gasteiger charge is -2.16. The Bertz CT molecular complexity index is 1110. The molecule has 0 spiro atoms. The number of sulfone groups is 1. The summed E-state index contributed by atoms with van der Waals surface area (Å²) in [6.45, 7) is 9.11. The molecule has 166 valence electrons. The minimum Gasteiger partial charge on any atom is -0.283 e. The number of rotatable bonds is 8. The molecular weight excluding hydrogens is 412 g/mol. The smallest absolute Gasteiger partial charge is 0.283 e. The molecule has 0 bridgehead atoms. The fourth-order valence-corrected chi connectivity index (χ4v) is 5.24. The first-order chi connectivity index (χ1) is 14.5. The molecule has 0 unspecified atom stereocenters. The summed E-state index contributed by atoms with van der Waals surface area (Å²) in [5, 5.41) is 5.03. The van der Waals surface area contributed by atoms with Crippen LogP contribution in [0.15, 0.2) is 46.4 Å². The van der Waals surface area contributed by atoms with Crippen LogP contribution >= 0.6 is 0 Å². The second kappa shape index (κ2) is 10.0. The van der Waals surface area contributed by atoms with Crippen molar-refractivity contribution < 1.29 is 18.0 Å². The van der Waals surface area contributed by atoms with Gasteiger partial charge in [0.2, 0.25) is 0 Å². The van der Waals surface area contributed by atoms with Gasteiger partial charge in [0.1, 0.15) is 0 Å². The number of aryl methyl sites for hydroxylation is 4. The topological polar surface area (TPSA) is 83.9 Å². The molecule has 6 nitrogen and oxygen atoms in total. The van der Waals surface area contributed by atoms with Crippen molar-refractivity contribution in [2.24, 2.45) is 5.10 Å². The minimum absolute atomic E-state index is 0.224. The van der Waals surface area contributed by atoms with Crippen LogP contribution in [0.2, 0.25) is 0 Å².